The molecule has 0 spiro atoms. The van der Waals surface area contributed by atoms with Crippen LogP contribution in [0.5, 0.6) is 0 Å². The third kappa shape index (κ3) is 7.44. The van der Waals surface area contributed by atoms with Gasteiger partial charge in [0.05, 0.1) is 6.10 Å². The molecule has 1 saturated heterocycles. The number of piperidine rings is 1. The zero-order valence-electron chi connectivity index (χ0n) is 15.4. The van der Waals surface area contributed by atoms with Crippen molar-refractivity contribution in [3.8, 4) is 0 Å². The Labute approximate surface area is 164 Å². The molecule has 0 aromatic carbocycles. The largest absolute Gasteiger partial charge is 0.396 e. The molecule has 2 fully saturated rings. The number of nitrogens with one attached hydrogen (secondary N) is 1. The van der Waals surface area contributed by atoms with Crippen molar-refractivity contribution in [3.63, 3.8) is 0 Å². The first-order valence-corrected chi connectivity index (χ1v) is 9.48. The van der Waals surface area contributed by atoms with Crippen molar-refractivity contribution in [1.82, 2.24) is 10.2 Å². The molecule has 24 heavy (non-hydrogen) atoms. The molecule has 6 heteroatoms. The predicted molar refractivity (Wildman–Crippen MR) is 110 cm³/mol. The number of aliphatic hydroxyl groups excluding tert-OH is 1. The molecule has 0 radical (unpaired) electrons. The molecule has 5 nitrogen and oxygen atoms in total. The Bertz CT molecular complexity index is 354. The van der Waals surface area contributed by atoms with Crippen molar-refractivity contribution >= 4 is 29.9 Å². The summed E-state index contributed by atoms with van der Waals surface area (Å²) in [6.45, 7) is 8.86. The van der Waals surface area contributed by atoms with Gasteiger partial charge in [-0.2, -0.15) is 0 Å². The lowest BCUT2D eigenvalue weighted by molar-refractivity contribution is 0.00100. The molecule has 1 heterocycles. The zero-order valence-corrected chi connectivity index (χ0v) is 17.7. The summed E-state index contributed by atoms with van der Waals surface area (Å²) in [5, 5.41) is 12.5. The smallest absolute Gasteiger partial charge is 0.193 e. The maximum absolute atomic E-state index is 9.15. The molecule has 1 unspecified atom stereocenters. The number of ether oxygens (including phenoxy) is 1. The van der Waals surface area contributed by atoms with Crippen LogP contribution in [0.2, 0.25) is 0 Å². The van der Waals surface area contributed by atoms with Crippen LogP contribution in [0.15, 0.2) is 4.99 Å². The molecule has 142 valence electrons. The van der Waals surface area contributed by atoms with E-state index in [1.54, 1.807) is 0 Å². The molecule has 1 saturated carbocycles. The van der Waals surface area contributed by atoms with Gasteiger partial charge in [0.1, 0.15) is 0 Å². The second kappa shape index (κ2) is 12.3. The quantitative estimate of drug-likeness (QED) is 0.354. The summed E-state index contributed by atoms with van der Waals surface area (Å²) in [4.78, 5) is 7.01. The average Bonchev–Trinajstić information content (AvgIpc) is 3.10. The van der Waals surface area contributed by atoms with Crippen molar-refractivity contribution in [2.24, 2.45) is 16.8 Å². The number of hydrogen-bond acceptors (Lipinski definition) is 3. The van der Waals surface area contributed by atoms with Crippen LogP contribution in [0.4, 0.5) is 0 Å². The first-order valence-electron chi connectivity index (χ1n) is 9.48. The number of likely N-dealkylation sites (tertiary alicyclic amines) is 1. The van der Waals surface area contributed by atoms with Gasteiger partial charge >= 0.3 is 0 Å². The Morgan fingerprint density at radius 3 is 2.50 bits per heavy atom. The van der Waals surface area contributed by atoms with Crippen LogP contribution in [-0.4, -0.2) is 61.5 Å². The van der Waals surface area contributed by atoms with Crippen molar-refractivity contribution < 1.29 is 9.84 Å². The van der Waals surface area contributed by atoms with E-state index >= 15 is 0 Å². The molecule has 1 aliphatic heterocycles. The minimum Gasteiger partial charge on any atom is -0.396 e. The summed E-state index contributed by atoms with van der Waals surface area (Å²) < 4.78 is 6.15. The zero-order chi connectivity index (χ0) is 16.5. The highest BCUT2D eigenvalue weighted by molar-refractivity contribution is 14.0. The minimum absolute atomic E-state index is 0. The summed E-state index contributed by atoms with van der Waals surface area (Å²) in [7, 11) is 0. The maximum Gasteiger partial charge on any atom is 0.193 e. The fourth-order valence-corrected chi connectivity index (χ4v) is 3.41. The van der Waals surface area contributed by atoms with Gasteiger partial charge in [-0.25, -0.2) is 0 Å². The monoisotopic (exact) mass is 453 g/mol. The van der Waals surface area contributed by atoms with Crippen LogP contribution in [0.3, 0.4) is 0 Å². The van der Waals surface area contributed by atoms with Crippen LogP contribution in [0, 0.1) is 11.8 Å². The third-order valence-corrected chi connectivity index (χ3v) is 4.98. The van der Waals surface area contributed by atoms with E-state index in [0.717, 1.165) is 51.0 Å². The first kappa shape index (κ1) is 22.0. The lowest BCUT2D eigenvalue weighted by Crippen LogP contribution is -2.47. The number of halogens is 1. The fourth-order valence-electron chi connectivity index (χ4n) is 3.41. The normalized spacial score (nSPS) is 21.6. The highest BCUT2D eigenvalue weighted by Crippen LogP contribution is 2.26. The molecule has 0 amide bonds. The second-order valence-corrected chi connectivity index (χ2v) is 7.15. The number of aliphatic imine (C=N–C) groups is 1. The standard InChI is InChI=1S/C18H35N3O2.HI/c1-3-19-18(20-12-15(2)13-22)21-10-8-17(9-11-21)23-14-16-6-4-5-7-16;/h15-17,22H,3-14H2,1-2H3,(H,19,20);1H. The molecule has 1 atom stereocenters. The van der Waals surface area contributed by atoms with Crippen LogP contribution in [0.1, 0.15) is 52.4 Å². The molecule has 0 bridgehead atoms. The lowest BCUT2D eigenvalue weighted by Gasteiger charge is -2.34. The Balaban J connectivity index is 0.00000288. The van der Waals surface area contributed by atoms with E-state index in [4.69, 9.17) is 9.84 Å². The van der Waals surface area contributed by atoms with Crippen molar-refractivity contribution in [2.45, 2.75) is 58.5 Å². The Kier molecular flexibility index (Phi) is 11.3. The van der Waals surface area contributed by atoms with Gasteiger partial charge in [-0.1, -0.05) is 19.8 Å². The van der Waals surface area contributed by atoms with Gasteiger partial charge in [0.25, 0.3) is 0 Å². The van der Waals surface area contributed by atoms with Gasteiger partial charge in [-0.05, 0) is 44.4 Å². The fraction of sp³-hybridized carbons (Fsp3) is 0.944. The van der Waals surface area contributed by atoms with E-state index in [2.05, 4.69) is 22.1 Å². The molecule has 0 aromatic heterocycles. The van der Waals surface area contributed by atoms with Gasteiger partial charge in [0.2, 0.25) is 0 Å². The third-order valence-electron chi connectivity index (χ3n) is 4.98. The molecule has 0 aromatic rings. The van der Waals surface area contributed by atoms with E-state index < -0.39 is 0 Å². The van der Waals surface area contributed by atoms with Crippen molar-refractivity contribution in [1.29, 1.82) is 0 Å². The van der Waals surface area contributed by atoms with Crippen LogP contribution in [-0.2, 0) is 4.74 Å². The van der Waals surface area contributed by atoms with Crippen LogP contribution >= 0.6 is 24.0 Å². The number of aliphatic hydroxyl groups is 1. The van der Waals surface area contributed by atoms with E-state index in [9.17, 15) is 0 Å². The predicted octanol–water partition coefficient (Wildman–Crippen LogP) is 2.87. The summed E-state index contributed by atoms with van der Waals surface area (Å²) in [6.07, 6.45) is 8.10. The molecule has 1 aliphatic carbocycles. The van der Waals surface area contributed by atoms with Crippen LogP contribution < -0.4 is 5.32 Å². The number of nitrogens with zero attached hydrogens (tertiary/aromatic N) is 2. The first-order chi connectivity index (χ1) is 11.2. The Hall–Kier alpha value is -0.0800. The second-order valence-electron chi connectivity index (χ2n) is 7.15. The molecular weight excluding hydrogens is 417 g/mol. The highest BCUT2D eigenvalue weighted by atomic mass is 127. The molecule has 2 aliphatic rings. The topological polar surface area (TPSA) is 57.1 Å². The van der Waals surface area contributed by atoms with Gasteiger partial charge in [-0.15, -0.1) is 24.0 Å². The maximum atomic E-state index is 9.15. The summed E-state index contributed by atoms with van der Waals surface area (Å²) in [5.41, 5.74) is 0. The number of rotatable bonds is 7. The molecule has 2 N–H and O–H groups in total. The summed E-state index contributed by atoms with van der Waals surface area (Å²) in [5.74, 6) is 2.02. The van der Waals surface area contributed by atoms with E-state index in [-0.39, 0.29) is 36.5 Å². The summed E-state index contributed by atoms with van der Waals surface area (Å²) in [6, 6.07) is 0. The van der Waals surface area contributed by atoms with E-state index in [1.807, 2.05) is 6.92 Å². The minimum atomic E-state index is 0. The lowest BCUT2D eigenvalue weighted by atomic mass is 10.1. The Morgan fingerprint density at radius 2 is 1.92 bits per heavy atom. The van der Waals surface area contributed by atoms with Crippen LogP contribution in [0.25, 0.3) is 0 Å². The van der Waals surface area contributed by atoms with E-state index in [0.29, 0.717) is 12.6 Å². The highest BCUT2D eigenvalue weighted by Gasteiger charge is 2.23. The van der Waals surface area contributed by atoms with Crippen molar-refractivity contribution in [2.75, 3.05) is 39.4 Å². The average molecular weight is 453 g/mol. The van der Waals surface area contributed by atoms with Gasteiger partial charge in [0.15, 0.2) is 5.96 Å². The van der Waals surface area contributed by atoms with Crippen molar-refractivity contribution in [3.05, 3.63) is 0 Å². The number of hydrogen-bond donors (Lipinski definition) is 2. The van der Waals surface area contributed by atoms with Gasteiger partial charge < -0.3 is 20.1 Å². The SMILES string of the molecule is CCNC(=NCC(C)CO)N1CCC(OCC2CCCC2)CC1.I. The van der Waals surface area contributed by atoms with E-state index in [1.165, 1.54) is 25.7 Å². The molecular formula is C18H36IN3O2. The van der Waals surface area contributed by atoms with Gasteiger partial charge in [0, 0.05) is 39.4 Å². The summed E-state index contributed by atoms with van der Waals surface area (Å²) >= 11 is 0. The molecule has 2 rings (SSSR count). The van der Waals surface area contributed by atoms with Gasteiger partial charge in [-0.3, -0.25) is 4.99 Å². The Morgan fingerprint density at radius 1 is 1.25 bits per heavy atom. The number of guanidine groups is 1.